The van der Waals surface area contributed by atoms with Crippen LogP contribution in [0.15, 0.2) is 171 Å². The van der Waals surface area contributed by atoms with E-state index < -0.39 is 12.2 Å². The Morgan fingerprint density at radius 3 is 1.32 bits per heavy atom. The molecule has 8 aromatic rings. The van der Waals surface area contributed by atoms with Crippen LogP contribution in [-0.2, 0) is 13.1 Å². The molecule has 2 atom stereocenters. The SMILES string of the molecule is C=CCn1cccc1[C@@H](Oc1nnc(O[C@@H](c2cccc3ccccc23)c2cccn2CC=C)c2ccccc12)c1cccc2ccccc12. The van der Waals surface area contributed by atoms with Gasteiger partial charge in [0, 0.05) is 36.6 Å². The monoisotopic (exact) mass is 652 g/mol. The molecule has 0 saturated heterocycles. The van der Waals surface area contributed by atoms with Crippen molar-refractivity contribution in [2.24, 2.45) is 0 Å². The highest BCUT2D eigenvalue weighted by atomic mass is 16.5. The first-order chi connectivity index (χ1) is 24.7. The topological polar surface area (TPSA) is 54.1 Å². The van der Waals surface area contributed by atoms with Gasteiger partial charge in [-0.15, -0.1) is 23.4 Å². The van der Waals surface area contributed by atoms with Gasteiger partial charge in [0.2, 0.25) is 11.8 Å². The minimum Gasteiger partial charge on any atom is -0.461 e. The maximum Gasteiger partial charge on any atom is 0.242 e. The van der Waals surface area contributed by atoms with Gasteiger partial charge in [0.05, 0.1) is 22.2 Å². The van der Waals surface area contributed by atoms with E-state index >= 15 is 0 Å². The molecule has 0 aliphatic heterocycles. The molecule has 0 amide bonds. The van der Waals surface area contributed by atoms with Crippen LogP contribution in [-0.4, -0.2) is 19.3 Å². The van der Waals surface area contributed by atoms with E-state index in [4.69, 9.17) is 19.7 Å². The summed E-state index contributed by atoms with van der Waals surface area (Å²) in [6.07, 6.45) is 6.95. The Morgan fingerprint density at radius 2 is 0.880 bits per heavy atom. The smallest absolute Gasteiger partial charge is 0.242 e. The number of aromatic nitrogens is 4. The summed E-state index contributed by atoms with van der Waals surface area (Å²) in [5.74, 6) is 0.850. The van der Waals surface area contributed by atoms with Gasteiger partial charge in [0.1, 0.15) is 0 Å². The van der Waals surface area contributed by atoms with E-state index in [0.717, 1.165) is 54.8 Å². The lowest BCUT2D eigenvalue weighted by molar-refractivity contribution is 0.217. The molecule has 0 aliphatic carbocycles. The average Bonchev–Trinajstić information content (AvgIpc) is 3.83. The minimum atomic E-state index is -0.467. The van der Waals surface area contributed by atoms with Crippen LogP contribution in [0.1, 0.15) is 34.7 Å². The summed E-state index contributed by atoms with van der Waals surface area (Å²) in [4.78, 5) is 0. The summed E-state index contributed by atoms with van der Waals surface area (Å²) in [6.45, 7) is 9.27. The number of hydrogen-bond donors (Lipinski definition) is 0. The Labute approximate surface area is 291 Å². The molecule has 6 heteroatoms. The molecule has 50 heavy (non-hydrogen) atoms. The molecule has 0 spiro atoms. The molecule has 5 aromatic carbocycles. The van der Waals surface area contributed by atoms with E-state index in [0.29, 0.717) is 24.8 Å². The van der Waals surface area contributed by atoms with Crippen LogP contribution in [0.3, 0.4) is 0 Å². The Balaban J connectivity index is 1.25. The first-order valence-electron chi connectivity index (χ1n) is 16.8. The van der Waals surface area contributed by atoms with Crippen molar-refractivity contribution in [3.63, 3.8) is 0 Å². The summed E-state index contributed by atoms with van der Waals surface area (Å²) >= 11 is 0. The van der Waals surface area contributed by atoms with Crippen molar-refractivity contribution in [3.05, 3.63) is 194 Å². The fourth-order valence-electron chi connectivity index (χ4n) is 6.92. The lowest BCUT2D eigenvalue weighted by atomic mass is 9.98. The molecule has 0 fully saturated rings. The molecular formula is C44H36N4O2. The highest BCUT2D eigenvalue weighted by Crippen LogP contribution is 2.39. The molecule has 6 nitrogen and oxygen atoms in total. The van der Waals surface area contributed by atoms with Gasteiger partial charge in [0.25, 0.3) is 0 Å². The molecule has 0 saturated carbocycles. The Bertz CT molecular complexity index is 2290. The van der Waals surface area contributed by atoms with Crippen molar-refractivity contribution in [1.29, 1.82) is 0 Å². The molecule has 0 bridgehead atoms. The summed E-state index contributed by atoms with van der Waals surface area (Å²) in [6, 6.07) is 45.7. The van der Waals surface area contributed by atoms with E-state index in [-0.39, 0.29) is 0 Å². The maximum atomic E-state index is 6.98. The van der Waals surface area contributed by atoms with Crippen molar-refractivity contribution in [2.75, 3.05) is 0 Å². The quantitative estimate of drug-likeness (QED) is 0.123. The molecule has 3 heterocycles. The fraction of sp³-hybridized carbons (Fsp3) is 0.0909. The second-order valence-corrected chi connectivity index (χ2v) is 12.2. The van der Waals surface area contributed by atoms with Crippen LogP contribution in [0.2, 0.25) is 0 Å². The number of ether oxygens (including phenoxy) is 2. The van der Waals surface area contributed by atoms with Crippen LogP contribution in [0.25, 0.3) is 32.3 Å². The van der Waals surface area contributed by atoms with Crippen molar-refractivity contribution in [2.45, 2.75) is 25.3 Å². The van der Waals surface area contributed by atoms with Gasteiger partial charge in [-0.3, -0.25) is 0 Å². The number of hydrogen-bond acceptors (Lipinski definition) is 4. The molecule has 0 N–H and O–H groups in total. The van der Waals surface area contributed by atoms with Gasteiger partial charge >= 0.3 is 0 Å². The number of benzene rings is 5. The highest BCUT2D eigenvalue weighted by Gasteiger charge is 2.27. The molecule has 244 valence electrons. The van der Waals surface area contributed by atoms with Gasteiger partial charge in [-0.2, -0.15) is 0 Å². The lowest BCUT2D eigenvalue weighted by Gasteiger charge is -2.24. The molecular weight excluding hydrogens is 617 g/mol. The van der Waals surface area contributed by atoms with Crippen molar-refractivity contribution in [3.8, 4) is 11.8 Å². The summed E-state index contributed by atoms with van der Waals surface area (Å²) in [5, 5.41) is 15.6. The van der Waals surface area contributed by atoms with Crippen molar-refractivity contribution < 1.29 is 9.47 Å². The van der Waals surface area contributed by atoms with Gasteiger partial charge in [0.15, 0.2) is 12.2 Å². The number of rotatable bonds is 12. The maximum absolute atomic E-state index is 6.98. The Morgan fingerprint density at radius 1 is 0.480 bits per heavy atom. The molecule has 3 aromatic heterocycles. The van der Waals surface area contributed by atoms with Gasteiger partial charge in [-0.1, -0.05) is 109 Å². The summed E-state index contributed by atoms with van der Waals surface area (Å²) < 4.78 is 18.3. The Kier molecular flexibility index (Phi) is 8.41. The van der Waals surface area contributed by atoms with E-state index in [1.165, 1.54) is 0 Å². The Hall–Kier alpha value is -6.40. The normalized spacial score (nSPS) is 12.6. The minimum absolute atomic E-state index is 0.425. The second-order valence-electron chi connectivity index (χ2n) is 12.2. The fourth-order valence-corrected chi connectivity index (χ4v) is 6.92. The largest absolute Gasteiger partial charge is 0.461 e. The number of nitrogens with zero attached hydrogens (tertiary/aromatic N) is 4. The average molecular weight is 653 g/mol. The zero-order chi connectivity index (χ0) is 33.9. The van der Waals surface area contributed by atoms with Gasteiger partial charge in [-0.25, -0.2) is 0 Å². The van der Waals surface area contributed by atoms with E-state index in [1.807, 2.05) is 48.6 Å². The van der Waals surface area contributed by atoms with Crippen LogP contribution in [0, 0.1) is 0 Å². The molecule has 0 aliphatic rings. The van der Waals surface area contributed by atoms with Crippen LogP contribution in [0.5, 0.6) is 11.8 Å². The van der Waals surface area contributed by atoms with Crippen LogP contribution in [0.4, 0.5) is 0 Å². The van der Waals surface area contributed by atoms with Gasteiger partial charge in [-0.05, 0) is 57.9 Å². The third-order valence-corrected chi connectivity index (χ3v) is 9.21. The second kappa shape index (κ2) is 13.6. The zero-order valence-corrected chi connectivity index (χ0v) is 27.6. The first kappa shape index (κ1) is 30.9. The molecule has 0 unspecified atom stereocenters. The lowest BCUT2D eigenvalue weighted by Crippen LogP contribution is -2.17. The van der Waals surface area contributed by atoms with Gasteiger partial charge < -0.3 is 18.6 Å². The summed E-state index contributed by atoms with van der Waals surface area (Å²) in [5.41, 5.74) is 4.06. The van der Waals surface area contributed by atoms with Crippen LogP contribution >= 0.6 is 0 Å². The van der Waals surface area contributed by atoms with E-state index in [9.17, 15) is 0 Å². The third kappa shape index (κ3) is 5.71. The molecule has 0 radical (unpaired) electrons. The summed E-state index contributed by atoms with van der Waals surface area (Å²) in [7, 11) is 0. The van der Waals surface area contributed by atoms with E-state index in [1.54, 1.807) is 0 Å². The number of allylic oxidation sites excluding steroid dienone is 2. The molecule has 8 rings (SSSR count). The standard InChI is InChI=1S/C44H36N4O2/c1-3-27-47-29-13-25-39(47)41(35-23-11-17-31-15-5-7-19-33(31)35)49-43-37-21-9-10-22-38(37)44(46-45-43)50-42(40-26-14-30-48(40)28-4-2)36-24-12-18-32-16-6-8-20-34(32)36/h3-26,29-30,41-42H,1-2,27-28H2/t41-,42-/m0/s1. The van der Waals surface area contributed by atoms with E-state index in [2.05, 4.69) is 132 Å². The predicted molar refractivity (Wildman–Crippen MR) is 202 cm³/mol. The van der Waals surface area contributed by atoms with Crippen molar-refractivity contribution in [1.82, 2.24) is 19.3 Å². The predicted octanol–water partition coefficient (Wildman–Crippen LogP) is 10.2. The third-order valence-electron chi connectivity index (χ3n) is 9.21. The zero-order valence-electron chi connectivity index (χ0n) is 27.6. The first-order valence-corrected chi connectivity index (χ1v) is 16.8. The van der Waals surface area contributed by atoms with Crippen molar-refractivity contribution >= 4 is 32.3 Å². The van der Waals surface area contributed by atoms with Crippen LogP contribution < -0.4 is 9.47 Å². The highest BCUT2D eigenvalue weighted by molar-refractivity contribution is 5.91. The number of fused-ring (bicyclic) bond motifs is 3.